The molecular weight excluding hydrogens is 864 g/mol. The van der Waals surface area contributed by atoms with Gasteiger partial charge in [-0.05, 0) is 50.7 Å². The number of hydrogen-bond donors (Lipinski definition) is 7. The molecule has 330 valence electrons. The number of carbonyl (C=O) groups excluding carboxylic acids is 1. The molecule has 2 saturated carbocycles. The van der Waals surface area contributed by atoms with E-state index in [4.69, 9.17) is 23.2 Å². The molecule has 2 aliphatic rings. The minimum absolute atomic E-state index is 0.0425. The van der Waals surface area contributed by atoms with Crippen LogP contribution in [0.1, 0.15) is 78.1 Å². The van der Waals surface area contributed by atoms with Crippen LogP contribution in [0.25, 0.3) is 44.8 Å². The third-order valence-electron chi connectivity index (χ3n) is 10.8. The van der Waals surface area contributed by atoms with Gasteiger partial charge in [0.05, 0.1) is 34.2 Å². The normalized spacial score (nSPS) is 19.1. The molecule has 16 nitrogen and oxygen atoms in total. The summed E-state index contributed by atoms with van der Waals surface area (Å²) < 4.78 is 56.4. The van der Waals surface area contributed by atoms with Crippen molar-refractivity contribution in [2.24, 2.45) is 0 Å². The number of aromatic nitrogens is 8. The summed E-state index contributed by atoms with van der Waals surface area (Å²) in [6.07, 6.45) is 17.1. The number of urea groups is 1. The first-order valence-electron chi connectivity index (χ1n) is 20.8. The number of sulfonamides is 1. The number of pyridine rings is 2. The van der Waals surface area contributed by atoms with E-state index in [0.29, 0.717) is 69.9 Å². The van der Waals surface area contributed by atoms with Crippen molar-refractivity contribution in [3.05, 3.63) is 71.0 Å². The molecular formula is C41H49Cl2F2N13O3S. The van der Waals surface area contributed by atoms with E-state index in [0.717, 1.165) is 68.1 Å². The van der Waals surface area contributed by atoms with E-state index < -0.39 is 21.7 Å². The molecule has 62 heavy (non-hydrogen) atoms. The topological polar surface area (TPSA) is 220 Å². The highest BCUT2D eigenvalue weighted by atomic mass is 35.5. The quantitative estimate of drug-likeness (QED) is 0.0587. The largest absolute Gasteiger partial charge is 0.363 e. The maximum atomic E-state index is 14.6. The smallest absolute Gasteiger partial charge is 0.315 e. The number of anilines is 2. The Morgan fingerprint density at radius 2 is 1.19 bits per heavy atom. The lowest BCUT2D eigenvalue weighted by Crippen LogP contribution is -2.51. The van der Waals surface area contributed by atoms with Crippen LogP contribution < -0.4 is 26.0 Å². The van der Waals surface area contributed by atoms with Crippen LogP contribution in [0, 0.1) is 11.6 Å². The molecule has 6 aromatic heterocycles. The molecule has 0 radical (unpaired) electrons. The molecule has 2 aliphatic carbocycles. The first-order chi connectivity index (χ1) is 29.9. The Bertz CT molecular complexity index is 2610. The van der Waals surface area contributed by atoms with E-state index in [2.05, 4.69) is 65.9 Å². The van der Waals surface area contributed by atoms with Gasteiger partial charge in [-0.25, -0.2) is 56.6 Å². The highest BCUT2D eigenvalue weighted by molar-refractivity contribution is 7.89. The van der Waals surface area contributed by atoms with Crippen LogP contribution in [0.5, 0.6) is 0 Å². The molecule has 0 saturated heterocycles. The van der Waals surface area contributed by atoms with Crippen molar-refractivity contribution in [3.8, 4) is 22.8 Å². The molecule has 2 amide bonds. The van der Waals surface area contributed by atoms with Crippen LogP contribution in [-0.2, 0) is 10.0 Å². The van der Waals surface area contributed by atoms with Gasteiger partial charge in [-0.3, -0.25) is 0 Å². The fraction of sp³-hybridized carbons (Fsp3) is 0.439. The SMILES string of the molecule is CCCNC(=O)NC1CCCCC1Nc1nc(-c2c[nH]c3ncc(Cl)cc23)ncc1F.CCCS(=O)(=O)NC1CCCCC1Nc1nc(-c2c[nH]c3ncc(Cl)cc23)ncc1F. The third kappa shape index (κ3) is 11.0. The zero-order valence-corrected chi connectivity index (χ0v) is 36.6. The highest BCUT2D eigenvalue weighted by Gasteiger charge is 2.30. The van der Waals surface area contributed by atoms with E-state index >= 15 is 0 Å². The number of halogens is 4. The standard InChI is InChI=1S/C21H25ClFN7O.C20H24ClFN6O2S/c1-2-7-24-21(31)29-17-6-4-3-5-16(17)28-20-15(23)11-27-19(30-20)14-10-26-18-13(14)8-12(22)9-25-18;1-2-7-31(29,30)28-17-6-4-3-5-16(17)26-20-15(22)11-25-19(27-20)14-10-24-18-13(14)8-12(21)9-23-18/h8-11,16-17H,2-7H2,1H3,(H,25,26)(H2,24,29,31)(H,27,28,30);8-11,16-17,28H,2-7H2,1H3,(H,23,24)(H,25,26,27). The Hall–Kier alpha value is -5.24. The molecule has 7 N–H and O–H groups in total. The summed E-state index contributed by atoms with van der Waals surface area (Å²) >= 11 is 12.1. The first kappa shape index (κ1) is 44.8. The third-order valence-corrected chi connectivity index (χ3v) is 12.8. The molecule has 6 aromatic rings. The van der Waals surface area contributed by atoms with Crippen molar-refractivity contribution < 1.29 is 22.0 Å². The van der Waals surface area contributed by atoms with Crippen molar-refractivity contribution in [1.82, 2.24) is 55.2 Å². The zero-order valence-electron chi connectivity index (χ0n) is 34.2. The van der Waals surface area contributed by atoms with Crippen LogP contribution in [0.15, 0.2) is 49.3 Å². The number of aromatic amines is 2. The van der Waals surface area contributed by atoms with Crippen molar-refractivity contribution in [2.45, 2.75) is 102 Å². The molecule has 21 heteroatoms. The van der Waals surface area contributed by atoms with Gasteiger partial charge in [0.15, 0.2) is 34.9 Å². The summed E-state index contributed by atoms with van der Waals surface area (Å²) in [7, 11) is -3.38. The number of amides is 2. The zero-order chi connectivity index (χ0) is 43.8. The Morgan fingerprint density at radius 1 is 0.710 bits per heavy atom. The van der Waals surface area contributed by atoms with Gasteiger partial charge >= 0.3 is 6.03 Å². The lowest BCUT2D eigenvalue weighted by atomic mass is 9.90. The van der Waals surface area contributed by atoms with Gasteiger partial charge in [-0.15, -0.1) is 0 Å². The number of fused-ring (bicyclic) bond motifs is 2. The Labute approximate surface area is 367 Å². The van der Waals surface area contributed by atoms with E-state index in [1.54, 1.807) is 30.7 Å². The second kappa shape index (κ2) is 20.3. The maximum Gasteiger partial charge on any atom is 0.315 e. The Kier molecular flexibility index (Phi) is 14.7. The summed E-state index contributed by atoms with van der Waals surface area (Å²) in [5.41, 5.74) is 2.61. The van der Waals surface area contributed by atoms with Crippen LogP contribution in [-0.4, -0.2) is 90.8 Å². The summed E-state index contributed by atoms with van der Waals surface area (Å²) in [5, 5.41) is 14.6. The minimum atomic E-state index is -3.38. The average Bonchev–Trinajstić information content (AvgIpc) is 3.87. The van der Waals surface area contributed by atoms with Gasteiger partial charge in [-0.1, -0.05) is 62.7 Å². The maximum absolute atomic E-state index is 14.6. The Morgan fingerprint density at radius 3 is 1.69 bits per heavy atom. The van der Waals surface area contributed by atoms with Crippen molar-refractivity contribution in [3.63, 3.8) is 0 Å². The van der Waals surface area contributed by atoms with Crippen LogP contribution in [0.3, 0.4) is 0 Å². The predicted molar refractivity (Wildman–Crippen MR) is 238 cm³/mol. The fourth-order valence-electron chi connectivity index (χ4n) is 7.81. The molecule has 6 heterocycles. The van der Waals surface area contributed by atoms with E-state index in [1.165, 1.54) is 6.20 Å². The van der Waals surface area contributed by atoms with E-state index in [9.17, 15) is 22.0 Å². The number of nitrogens with zero attached hydrogens (tertiary/aromatic N) is 6. The monoisotopic (exact) mass is 911 g/mol. The molecule has 8 rings (SSSR count). The lowest BCUT2D eigenvalue weighted by molar-refractivity contribution is 0.230. The van der Waals surface area contributed by atoms with Gasteiger partial charge < -0.3 is 31.2 Å². The second-order valence-electron chi connectivity index (χ2n) is 15.4. The van der Waals surface area contributed by atoms with Crippen LogP contribution in [0.4, 0.5) is 25.2 Å². The van der Waals surface area contributed by atoms with E-state index in [1.807, 2.05) is 13.8 Å². The molecule has 0 aromatic carbocycles. The van der Waals surface area contributed by atoms with E-state index in [-0.39, 0.29) is 47.6 Å². The Balaban J connectivity index is 0.000000186. The fourth-order valence-corrected chi connectivity index (χ4v) is 9.53. The van der Waals surface area contributed by atoms with Crippen LogP contribution in [0.2, 0.25) is 10.0 Å². The van der Waals surface area contributed by atoms with Crippen molar-refractivity contribution in [1.29, 1.82) is 0 Å². The van der Waals surface area contributed by atoms with Gasteiger partial charge in [-0.2, -0.15) is 0 Å². The molecule has 4 unspecified atom stereocenters. The molecule has 4 atom stereocenters. The lowest BCUT2D eigenvalue weighted by Gasteiger charge is -2.33. The summed E-state index contributed by atoms with van der Waals surface area (Å²) in [6.45, 7) is 4.43. The first-order valence-corrected chi connectivity index (χ1v) is 23.2. The average molecular weight is 913 g/mol. The number of hydrogen-bond acceptors (Lipinski definition) is 11. The summed E-state index contributed by atoms with van der Waals surface area (Å²) in [5.74, 6) is -0.236. The van der Waals surface area contributed by atoms with Gasteiger partial charge in [0.1, 0.15) is 11.3 Å². The number of H-pyrrole nitrogens is 2. The predicted octanol–water partition coefficient (Wildman–Crippen LogP) is 8.11. The van der Waals surface area contributed by atoms with Crippen molar-refractivity contribution >= 4 is 73.0 Å². The summed E-state index contributed by atoms with van der Waals surface area (Å²) in [6, 6.07) is 2.49. The number of carbonyl (C=O) groups is 1. The molecule has 0 aliphatic heterocycles. The summed E-state index contributed by atoms with van der Waals surface area (Å²) in [4.78, 5) is 43.8. The van der Waals surface area contributed by atoms with Gasteiger partial charge in [0.25, 0.3) is 0 Å². The van der Waals surface area contributed by atoms with Crippen molar-refractivity contribution in [2.75, 3.05) is 22.9 Å². The van der Waals surface area contributed by atoms with Gasteiger partial charge in [0.2, 0.25) is 10.0 Å². The van der Waals surface area contributed by atoms with Gasteiger partial charge in [0, 0.05) is 71.4 Å². The number of rotatable bonds is 13. The number of nitrogens with one attached hydrogen (secondary N) is 7. The highest BCUT2D eigenvalue weighted by Crippen LogP contribution is 2.31. The molecule has 0 bridgehead atoms. The molecule has 0 spiro atoms. The minimum Gasteiger partial charge on any atom is -0.363 e. The second-order valence-corrected chi connectivity index (χ2v) is 18.2. The molecule has 2 fully saturated rings. The van der Waals surface area contributed by atoms with Crippen LogP contribution >= 0.6 is 23.2 Å².